The fourth-order valence-electron chi connectivity index (χ4n) is 1.41. The van der Waals surface area contributed by atoms with Gasteiger partial charge in [-0.05, 0) is 27.4 Å². The lowest BCUT2D eigenvalue weighted by molar-refractivity contribution is 0.568. The van der Waals surface area contributed by atoms with Crippen molar-refractivity contribution >= 4 is 33.1 Å². The van der Waals surface area contributed by atoms with Gasteiger partial charge in [0, 0.05) is 16.0 Å². The van der Waals surface area contributed by atoms with Crippen LogP contribution in [0, 0.1) is 0 Å². The quantitative estimate of drug-likeness (QED) is 0.870. The molecule has 2 heterocycles. The van der Waals surface area contributed by atoms with Crippen LogP contribution in [0.3, 0.4) is 0 Å². The molecule has 0 saturated carbocycles. The standard InChI is InChI=1S/C12H14BrN3S/c1-12(2,3)8-6-9(14)16-11(15-8)10-7(13)4-5-17-10/h4-6H,1-3H3,(H2,14,15,16). The molecule has 0 aliphatic rings. The largest absolute Gasteiger partial charge is 0.384 e. The number of rotatable bonds is 1. The number of nitrogens with zero attached hydrogens (tertiary/aromatic N) is 2. The predicted octanol–water partition coefficient (Wildman–Crippen LogP) is 3.85. The van der Waals surface area contributed by atoms with Crippen LogP contribution in [0.2, 0.25) is 0 Å². The fourth-order valence-corrected chi connectivity index (χ4v) is 2.89. The Balaban J connectivity index is 2.57. The minimum absolute atomic E-state index is 0.0322. The first kappa shape index (κ1) is 12.5. The normalized spacial score (nSPS) is 11.8. The van der Waals surface area contributed by atoms with Crippen LogP contribution in [0.25, 0.3) is 10.7 Å². The van der Waals surface area contributed by atoms with Crippen molar-refractivity contribution in [2.24, 2.45) is 0 Å². The molecule has 2 rings (SSSR count). The van der Waals surface area contributed by atoms with Crippen molar-refractivity contribution < 1.29 is 0 Å². The molecule has 0 aromatic carbocycles. The van der Waals surface area contributed by atoms with Crippen LogP contribution >= 0.6 is 27.3 Å². The van der Waals surface area contributed by atoms with E-state index in [1.54, 1.807) is 11.3 Å². The van der Waals surface area contributed by atoms with Gasteiger partial charge in [0.2, 0.25) is 0 Å². The monoisotopic (exact) mass is 311 g/mol. The molecule has 90 valence electrons. The van der Waals surface area contributed by atoms with E-state index >= 15 is 0 Å². The van der Waals surface area contributed by atoms with E-state index in [9.17, 15) is 0 Å². The van der Waals surface area contributed by atoms with E-state index in [-0.39, 0.29) is 5.41 Å². The Morgan fingerprint density at radius 3 is 2.53 bits per heavy atom. The smallest absolute Gasteiger partial charge is 0.173 e. The molecule has 3 nitrogen and oxygen atoms in total. The van der Waals surface area contributed by atoms with Crippen molar-refractivity contribution in [2.45, 2.75) is 26.2 Å². The Morgan fingerprint density at radius 2 is 2.00 bits per heavy atom. The van der Waals surface area contributed by atoms with Crippen LogP contribution in [0.5, 0.6) is 0 Å². The first-order valence-electron chi connectivity index (χ1n) is 5.26. The van der Waals surface area contributed by atoms with E-state index < -0.39 is 0 Å². The average molecular weight is 312 g/mol. The first-order chi connectivity index (χ1) is 7.88. The highest BCUT2D eigenvalue weighted by Gasteiger charge is 2.19. The molecule has 0 spiro atoms. The lowest BCUT2D eigenvalue weighted by Crippen LogP contribution is -2.15. The van der Waals surface area contributed by atoms with Gasteiger partial charge in [-0.15, -0.1) is 11.3 Å². The second kappa shape index (κ2) is 4.38. The molecule has 0 aliphatic heterocycles. The average Bonchev–Trinajstić information content (AvgIpc) is 2.62. The minimum Gasteiger partial charge on any atom is -0.384 e. The maximum absolute atomic E-state index is 5.85. The van der Waals surface area contributed by atoms with Crippen LogP contribution in [0.4, 0.5) is 5.82 Å². The number of aromatic nitrogens is 2. The van der Waals surface area contributed by atoms with Crippen molar-refractivity contribution in [2.75, 3.05) is 5.73 Å². The zero-order valence-corrected chi connectivity index (χ0v) is 12.4. The topological polar surface area (TPSA) is 51.8 Å². The highest BCUT2D eigenvalue weighted by atomic mass is 79.9. The Hall–Kier alpha value is -0.940. The van der Waals surface area contributed by atoms with Gasteiger partial charge in [-0.2, -0.15) is 0 Å². The van der Waals surface area contributed by atoms with Crippen molar-refractivity contribution in [3.63, 3.8) is 0 Å². The zero-order chi connectivity index (χ0) is 12.6. The molecule has 0 saturated heterocycles. The molecular formula is C12H14BrN3S. The van der Waals surface area contributed by atoms with E-state index in [0.717, 1.165) is 15.0 Å². The van der Waals surface area contributed by atoms with Gasteiger partial charge in [0.15, 0.2) is 5.82 Å². The molecular weight excluding hydrogens is 298 g/mol. The van der Waals surface area contributed by atoms with E-state index in [4.69, 9.17) is 5.73 Å². The molecule has 0 fully saturated rings. The lowest BCUT2D eigenvalue weighted by atomic mass is 9.92. The van der Waals surface area contributed by atoms with Gasteiger partial charge in [-0.1, -0.05) is 20.8 Å². The maximum atomic E-state index is 5.85. The molecule has 0 amide bonds. The molecule has 2 aromatic rings. The summed E-state index contributed by atoms with van der Waals surface area (Å²) in [7, 11) is 0. The van der Waals surface area contributed by atoms with Gasteiger partial charge < -0.3 is 5.73 Å². The number of hydrogen-bond donors (Lipinski definition) is 1. The SMILES string of the molecule is CC(C)(C)c1cc(N)nc(-c2sccc2Br)n1. The summed E-state index contributed by atoms with van der Waals surface area (Å²) in [5, 5.41) is 2.00. The summed E-state index contributed by atoms with van der Waals surface area (Å²) in [6.45, 7) is 6.34. The molecule has 5 heteroatoms. The number of nitrogens with two attached hydrogens (primary N) is 1. The Kier molecular flexibility index (Phi) is 3.23. The molecule has 0 aliphatic carbocycles. The predicted molar refractivity (Wildman–Crippen MR) is 76.2 cm³/mol. The van der Waals surface area contributed by atoms with E-state index in [1.165, 1.54) is 0 Å². The van der Waals surface area contributed by atoms with Gasteiger partial charge >= 0.3 is 0 Å². The Labute approximate surface area is 113 Å². The van der Waals surface area contributed by atoms with Crippen molar-refractivity contribution in [3.05, 3.63) is 27.7 Å². The van der Waals surface area contributed by atoms with E-state index in [2.05, 4.69) is 46.7 Å². The van der Waals surface area contributed by atoms with Gasteiger partial charge in [0.25, 0.3) is 0 Å². The third kappa shape index (κ3) is 2.66. The van der Waals surface area contributed by atoms with Gasteiger partial charge in [-0.3, -0.25) is 0 Å². The second-order valence-electron chi connectivity index (χ2n) is 4.85. The van der Waals surface area contributed by atoms with Gasteiger partial charge in [-0.25, -0.2) is 9.97 Å². The van der Waals surface area contributed by atoms with Crippen LogP contribution in [-0.2, 0) is 5.41 Å². The molecule has 2 N–H and O–H groups in total. The third-order valence-corrected chi connectivity index (χ3v) is 4.17. The molecule has 0 atom stereocenters. The third-order valence-electron chi connectivity index (χ3n) is 2.33. The Bertz CT molecular complexity index is 543. The molecule has 2 aromatic heterocycles. The summed E-state index contributed by atoms with van der Waals surface area (Å²) in [5.41, 5.74) is 6.78. The summed E-state index contributed by atoms with van der Waals surface area (Å²) >= 11 is 5.10. The summed E-state index contributed by atoms with van der Waals surface area (Å²) in [4.78, 5) is 9.91. The summed E-state index contributed by atoms with van der Waals surface area (Å²) in [5.74, 6) is 1.21. The zero-order valence-electron chi connectivity index (χ0n) is 9.99. The number of hydrogen-bond acceptors (Lipinski definition) is 4. The summed E-state index contributed by atoms with van der Waals surface area (Å²) < 4.78 is 1.01. The van der Waals surface area contributed by atoms with E-state index in [0.29, 0.717) is 11.6 Å². The van der Waals surface area contributed by atoms with Crippen LogP contribution < -0.4 is 5.73 Å². The maximum Gasteiger partial charge on any atom is 0.173 e. The highest BCUT2D eigenvalue weighted by Crippen LogP contribution is 2.33. The number of nitrogen functional groups attached to an aromatic ring is 1. The number of thiophene rings is 1. The fraction of sp³-hybridized carbons (Fsp3) is 0.333. The minimum atomic E-state index is -0.0322. The molecule has 0 unspecified atom stereocenters. The molecule has 0 bridgehead atoms. The highest BCUT2D eigenvalue weighted by molar-refractivity contribution is 9.10. The lowest BCUT2D eigenvalue weighted by Gasteiger charge is -2.18. The number of anilines is 1. The number of halogens is 1. The van der Waals surface area contributed by atoms with Crippen molar-refractivity contribution in [3.8, 4) is 10.7 Å². The Morgan fingerprint density at radius 1 is 1.29 bits per heavy atom. The van der Waals surface area contributed by atoms with Gasteiger partial charge in [0.05, 0.1) is 10.6 Å². The molecule has 0 radical (unpaired) electrons. The summed E-state index contributed by atoms with van der Waals surface area (Å²) in [6.07, 6.45) is 0. The van der Waals surface area contributed by atoms with Crippen molar-refractivity contribution in [1.29, 1.82) is 0 Å². The van der Waals surface area contributed by atoms with Crippen molar-refractivity contribution in [1.82, 2.24) is 9.97 Å². The van der Waals surface area contributed by atoms with Crippen LogP contribution in [0.1, 0.15) is 26.5 Å². The molecule has 17 heavy (non-hydrogen) atoms. The van der Waals surface area contributed by atoms with E-state index in [1.807, 2.05) is 17.5 Å². The van der Waals surface area contributed by atoms with Crippen LogP contribution in [0.15, 0.2) is 22.0 Å². The summed E-state index contributed by atoms with van der Waals surface area (Å²) in [6, 6.07) is 3.83. The van der Waals surface area contributed by atoms with Gasteiger partial charge in [0.1, 0.15) is 5.82 Å². The second-order valence-corrected chi connectivity index (χ2v) is 6.62. The first-order valence-corrected chi connectivity index (χ1v) is 6.93. The van der Waals surface area contributed by atoms with Crippen LogP contribution in [-0.4, -0.2) is 9.97 Å².